The van der Waals surface area contributed by atoms with Crippen LogP contribution >= 0.6 is 15.9 Å². The molecule has 1 aliphatic carbocycles. The molecule has 0 spiro atoms. The highest BCUT2D eigenvalue weighted by molar-refractivity contribution is 9.10. The number of amides is 1. The van der Waals surface area contributed by atoms with Crippen molar-refractivity contribution in [2.45, 2.75) is 31.5 Å². The van der Waals surface area contributed by atoms with Gasteiger partial charge >= 0.3 is 0 Å². The summed E-state index contributed by atoms with van der Waals surface area (Å²) in [4.78, 5) is 14.5. The Labute approximate surface area is 127 Å². The number of carbonyl (C=O) groups is 1. The van der Waals surface area contributed by atoms with Gasteiger partial charge in [0, 0.05) is 23.6 Å². The van der Waals surface area contributed by atoms with E-state index in [0.717, 1.165) is 30.4 Å². The Bertz CT molecular complexity index is 473. The molecule has 1 heterocycles. The molecule has 0 bridgehead atoms. The molecule has 1 aromatic carbocycles. The number of morpholine rings is 1. The van der Waals surface area contributed by atoms with Gasteiger partial charge in [-0.1, -0.05) is 28.1 Å². The number of carbonyl (C=O) groups excluding carboxylic acids is 1. The highest BCUT2D eigenvalue weighted by Gasteiger charge is 2.33. The summed E-state index contributed by atoms with van der Waals surface area (Å²) in [5, 5.41) is 3.08. The SMILES string of the molecule is O=C(NC1CC1)C1COCCN1Cc1ccc(Br)cc1. The van der Waals surface area contributed by atoms with Crippen LogP contribution in [0.15, 0.2) is 28.7 Å². The maximum absolute atomic E-state index is 12.3. The molecule has 2 fully saturated rings. The lowest BCUT2D eigenvalue weighted by atomic mass is 10.1. The molecule has 1 aliphatic heterocycles. The van der Waals surface area contributed by atoms with Crippen molar-refractivity contribution < 1.29 is 9.53 Å². The number of rotatable bonds is 4. The zero-order valence-electron chi connectivity index (χ0n) is 11.3. The molecule has 2 aliphatic rings. The maximum Gasteiger partial charge on any atom is 0.239 e. The molecular weight excluding hydrogens is 320 g/mol. The van der Waals surface area contributed by atoms with Crippen molar-refractivity contribution in [2.24, 2.45) is 0 Å². The summed E-state index contributed by atoms with van der Waals surface area (Å²) in [7, 11) is 0. The predicted octanol–water partition coefficient (Wildman–Crippen LogP) is 1.93. The Hall–Kier alpha value is -0.910. The van der Waals surface area contributed by atoms with Crippen molar-refractivity contribution in [3.05, 3.63) is 34.3 Å². The fourth-order valence-corrected chi connectivity index (χ4v) is 2.68. The molecule has 0 aromatic heterocycles. The monoisotopic (exact) mass is 338 g/mol. The van der Waals surface area contributed by atoms with Gasteiger partial charge in [-0.05, 0) is 30.5 Å². The first-order valence-corrected chi connectivity index (χ1v) is 7.88. The molecule has 1 atom stereocenters. The molecule has 108 valence electrons. The fourth-order valence-electron chi connectivity index (χ4n) is 2.42. The van der Waals surface area contributed by atoms with Gasteiger partial charge in [-0.3, -0.25) is 9.69 Å². The maximum atomic E-state index is 12.3. The van der Waals surface area contributed by atoms with E-state index in [-0.39, 0.29) is 11.9 Å². The molecule has 1 unspecified atom stereocenters. The molecule has 20 heavy (non-hydrogen) atoms. The van der Waals surface area contributed by atoms with Gasteiger partial charge in [0.2, 0.25) is 5.91 Å². The lowest BCUT2D eigenvalue weighted by Gasteiger charge is -2.34. The summed E-state index contributed by atoms with van der Waals surface area (Å²) in [6.07, 6.45) is 2.23. The van der Waals surface area contributed by atoms with Gasteiger partial charge in [0.1, 0.15) is 6.04 Å². The quantitative estimate of drug-likeness (QED) is 0.911. The van der Waals surface area contributed by atoms with Crippen LogP contribution in [0.25, 0.3) is 0 Å². The van der Waals surface area contributed by atoms with Crippen molar-refractivity contribution in [1.82, 2.24) is 10.2 Å². The average molecular weight is 339 g/mol. The summed E-state index contributed by atoms with van der Waals surface area (Å²) >= 11 is 3.44. The summed E-state index contributed by atoms with van der Waals surface area (Å²) in [6, 6.07) is 8.50. The standard InChI is InChI=1S/C15H19BrN2O2/c16-12-3-1-11(2-4-12)9-18-7-8-20-10-14(18)15(19)17-13-5-6-13/h1-4,13-14H,5-10H2,(H,17,19). The first-order chi connectivity index (χ1) is 9.72. The average Bonchev–Trinajstić information content (AvgIpc) is 3.26. The first kappa shape index (κ1) is 14.0. The van der Waals surface area contributed by atoms with Gasteiger partial charge < -0.3 is 10.1 Å². The van der Waals surface area contributed by atoms with Gasteiger partial charge in [-0.15, -0.1) is 0 Å². The smallest absolute Gasteiger partial charge is 0.239 e. The van der Waals surface area contributed by atoms with Crippen LogP contribution in [0.4, 0.5) is 0 Å². The topological polar surface area (TPSA) is 41.6 Å². The highest BCUT2D eigenvalue weighted by Crippen LogP contribution is 2.20. The fraction of sp³-hybridized carbons (Fsp3) is 0.533. The molecule has 5 heteroatoms. The third-order valence-corrected chi connectivity index (χ3v) is 4.29. The minimum absolute atomic E-state index is 0.115. The molecule has 3 rings (SSSR count). The van der Waals surface area contributed by atoms with E-state index < -0.39 is 0 Å². The third kappa shape index (κ3) is 3.59. The molecule has 0 radical (unpaired) electrons. The number of benzene rings is 1. The van der Waals surface area contributed by atoms with Gasteiger partial charge in [0.05, 0.1) is 13.2 Å². The van der Waals surface area contributed by atoms with E-state index in [9.17, 15) is 4.79 Å². The van der Waals surface area contributed by atoms with Gasteiger partial charge in [0.15, 0.2) is 0 Å². The van der Waals surface area contributed by atoms with Crippen LogP contribution in [0, 0.1) is 0 Å². The zero-order chi connectivity index (χ0) is 13.9. The summed E-state index contributed by atoms with van der Waals surface area (Å²) in [5.41, 5.74) is 1.22. The highest BCUT2D eigenvalue weighted by atomic mass is 79.9. The second-order valence-corrected chi connectivity index (χ2v) is 6.39. The van der Waals surface area contributed by atoms with E-state index in [0.29, 0.717) is 19.3 Å². The second kappa shape index (κ2) is 6.24. The minimum atomic E-state index is -0.159. The Morgan fingerprint density at radius 2 is 2.10 bits per heavy atom. The number of hydrogen-bond acceptors (Lipinski definition) is 3. The van der Waals surface area contributed by atoms with Crippen LogP contribution in [-0.4, -0.2) is 42.6 Å². The lowest BCUT2D eigenvalue weighted by Crippen LogP contribution is -2.53. The Kier molecular flexibility index (Phi) is 4.38. The van der Waals surface area contributed by atoms with Crippen molar-refractivity contribution in [3.8, 4) is 0 Å². The van der Waals surface area contributed by atoms with E-state index in [1.54, 1.807) is 0 Å². The Morgan fingerprint density at radius 1 is 1.35 bits per heavy atom. The van der Waals surface area contributed by atoms with E-state index >= 15 is 0 Å². The van der Waals surface area contributed by atoms with E-state index in [4.69, 9.17) is 4.74 Å². The molecule has 1 aromatic rings. The number of hydrogen-bond donors (Lipinski definition) is 1. The lowest BCUT2D eigenvalue weighted by molar-refractivity contribution is -0.133. The first-order valence-electron chi connectivity index (χ1n) is 7.09. The van der Waals surface area contributed by atoms with Crippen molar-refractivity contribution in [1.29, 1.82) is 0 Å². The molecule has 1 N–H and O–H groups in total. The molecular formula is C15H19BrN2O2. The summed E-state index contributed by atoms with van der Waals surface area (Å²) in [6.45, 7) is 2.79. The number of nitrogens with one attached hydrogen (secondary N) is 1. The van der Waals surface area contributed by atoms with Crippen LogP contribution in [-0.2, 0) is 16.1 Å². The van der Waals surface area contributed by atoms with Crippen LogP contribution in [0.5, 0.6) is 0 Å². The Balaban J connectivity index is 1.64. The van der Waals surface area contributed by atoms with Crippen molar-refractivity contribution in [2.75, 3.05) is 19.8 Å². The van der Waals surface area contributed by atoms with Gasteiger partial charge in [-0.2, -0.15) is 0 Å². The largest absolute Gasteiger partial charge is 0.378 e. The molecule has 1 amide bonds. The van der Waals surface area contributed by atoms with Crippen LogP contribution in [0.3, 0.4) is 0 Å². The van der Waals surface area contributed by atoms with Gasteiger partial charge in [-0.25, -0.2) is 0 Å². The summed E-state index contributed by atoms with van der Waals surface area (Å²) < 4.78 is 6.56. The molecule has 1 saturated heterocycles. The third-order valence-electron chi connectivity index (χ3n) is 3.76. The zero-order valence-corrected chi connectivity index (χ0v) is 12.9. The number of halogens is 1. The minimum Gasteiger partial charge on any atom is -0.378 e. The van der Waals surface area contributed by atoms with Crippen LogP contribution in [0.2, 0.25) is 0 Å². The normalized spacial score (nSPS) is 23.6. The van der Waals surface area contributed by atoms with E-state index in [1.807, 2.05) is 12.1 Å². The second-order valence-electron chi connectivity index (χ2n) is 5.47. The molecule has 1 saturated carbocycles. The van der Waals surface area contributed by atoms with Crippen LogP contribution in [0.1, 0.15) is 18.4 Å². The van der Waals surface area contributed by atoms with Crippen molar-refractivity contribution in [3.63, 3.8) is 0 Å². The Morgan fingerprint density at radius 3 is 2.80 bits per heavy atom. The summed E-state index contributed by atoms with van der Waals surface area (Å²) in [5.74, 6) is 0.115. The number of nitrogens with zero attached hydrogens (tertiary/aromatic N) is 1. The predicted molar refractivity (Wildman–Crippen MR) is 80.3 cm³/mol. The van der Waals surface area contributed by atoms with E-state index in [2.05, 4.69) is 38.3 Å². The number of ether oxygens (including phenoxy) is 1. The van der Waals surface area contributed by atoms with Crippen molar-refractivity contribution >= 4 is 21.8 Å². The van der Waals surface area contributed by atoms with Crippen LogP contribution < -0.4 is 5.32 Å². The van der Waals surface area contributed by atoms with Gasteiger partial charge in [0.25, 0.3) is 0 Å². The van der Waals surface area contributed by atoms with E-state index in [1.165, 1.54) is 5.56 Å². The molecule has 4 nitrogen and oxygen atoms in total.